The van der Waals surface area contributed by atoms with E-state index in [2.05, 4.69) is 69.4 Å². The van der Waals surface area contributed by atoms with Crippen LogP contribution in [0.25, 0.3) is 0 Å². The Labute approximate surface area is 511 Å². The fourth-order valence-electron chi connectivity index (χ4n) is 11.1. The molecule has 1 unspecified atom stereocenters. The average molecular weight is 1150 g/mol. The molecule has 6 heteroatoms. The molecule has 0 saturated heterocycles. The maximum atomic E-state index is 12.9. The van der Waals surface area contributed by atoms with Crippen LogP contribution in [0, 0.1) is 0 Å². The minimum absolute atomic E-state index is 0.0824. The molecule has 0 aliphatic rings. The summed E-state index contributed by atoms with van der Waals surface area (Å²) in [5.74, 6) is -0.899. The van der Waals surface area contributed by atoms with Crippen molar-refractivity contribution in [3.63, 3.8) is 0 Å². The second-order valence-corrected chi connectivity index (χ2v) is 24.8. The van der Waals surface area contributed by atoms with E-state index in [0.717, 1.165) is 96.3 Å². The SMILES string of the molecule is CC/C=C\C/C=C\C/C=C\CCCCCC(=O)OCC(COC(=O)CCCCCCCCCCCCCCCCCCCCCCCCCCCCCCCCCCCCC)OC(=O)CCCCCCC/C=C\CCCCCCCCC. The molecule has 0 rings (SSSR count). The van der Waals surface area contributed by atoms with Gasteiger partial charge >= 0.3 is 17.9 Å². The normalized spacial score (nSPS) is 12.3. The third-order valence-electron chi connectivity index (χ3n) is 16.6. The van der Waals surface area contributed by atoms with Gasteiger partial charge in [0.25, 0.3) is 0 Å². The van der Waals surface area contributed by atoms with Crippen molar-refractivity contribution in [3.05, 3.63) is 48.6 Å². The summed E-state index contributed by atoms with van der Waals surface area (Å²) >= 11 is 0. The number of carbonyl (C=O) groups is 3. The van der Waals surface area contributed by atoms with Crippen molar-refractivity contribution in [3.8, 4) is 0 Å². The highest BCUT2D eigenvalue weighted by atomic mass is 16.6. The van der Waals surface area contributed by atoms with E-state index in [9.17, 15) is 14.4 Å². The lowest BCUT2D eigenvalue weighted by molar-refractivity contribution is -0.167. The number of rotatable bonds is 68. The molecule has 0 N–H and O–H groups in total. The van der Waals surface area contributed by atoms with E-state index in [-0.39, 0.29) is 31.1 Å². The van der Waals surface area contributed by atoms with Gasteiger partial charge in [-0.1, -0.05) is 352 Å². The van der Waals surface area contributed by atoms with Gasteiger partial charge in [-0.3, -0.25) is 14.4 Å². The Morgan fingerprint density at radius 3 is 0.768 bits per heavy atom. The van der Waals surface area contributed by atoms with Crippen LogP contribution in [0.2, 0.25) is 0 Å². The lowest BCUT2D eigenvalue weighted by atomic mass is 10.0. The van der Waals surface area contributed by atoms with Gasteiger partial charge in [-0.15, -0.1) is 0 Å². The van der Waals surface area contributed by atoms with Crippen LogP contribution in [0.3, 0.4) is 0 Å². The van der Waals surface area contributed by atoms with Crippen LogP contribution in [0.15, 0.2) is 48.6 Å². The number of hydrogen-bond donors (Lipinski definition) is 0. The summed E-state index contributed by atoms with van der Waals surface area (Å²) in [5, 5.41) is 0. The predicted octanol–water partition coefficient (Wildman–Crippen LogP) is 25.3. The predicted molar refractivity (Wildman–Crippen MR) is 358 cm³/mol. The van der Waals surface area contributed by atoms with E-state index < -0.39 is 6.10 Å². The first-order valence-electron chi connectivity index (χ1n) is 36.6. The number of hydrogen-bond acceptors (Lipinski definition) is 6. The van der Waals surface area contributed by atoms with Crippen LogP contribution in [0.1, 0.15) is 400 Å². The molecule has 0 aliphatic heterocycles. The van der Waals surface area contributed by atoms with Gasteiger partial charge in [0.05, 0.1) is 0 Å². The van der Waals surface area contributed by atoms with Gasteiger partial charge in [-0.2, -0.15) is 0 Å². The minimum Gasteiger partial charge on any atom is -0.462 e. The van der Waals surface area contributed by atoms with Gasteiger partial charge < -0.3 is 14.2 Å². The van der Waals surface area contributed by atoms with Crippen LogP contribution in [0.5, 0.6) is 0 Å². The van der Waals surface area contributed by atoms with Crippen molar-refractivity contribution in [1.82, 2.24) is 0 Å². The van der Waals surface area contributed by atoms with Crippen LogP contribution >= 0.6 is 0 Å². The summed E-state index contributed by atoms with van der Waals surface area (Å²) in [6, 6.07) is 0. The Morgan fingerprint density at radius 1 is 0.256 bits per heavy atom. The smallest absolute Gasteiger partial charge is 0.306 e. The first kappa shape index (κ1) is 79.4. The summed E-state index contributed by atoms with van der Waals surface area (Å²) in [4.78, 5) is 38.3. The third-order valence-corrected chi connectivity index (χ3v) is 16.6. The first-order chi connectivity index (χ1) is 40.5. The number of esters is 3. The molecular weight excluding hydrogens is 1010 g/mol. The molecule has 82 heavy (non-hydrogen) atoms. The van der Waals surface area contributed by atoms with E-state index in [1.807, 2.05) is 0 Å². The van der Waals surface area contributed by atoms with Crippen molar-refractivity contribution in [1.29, 1.82) is 0 Å². The minimum atomic E-state index is -0.789. The number of allylic oxidation sites excluding steroid dienone is 8. The summed E-state index contributed by atoms with van der Waals surface area (Å²) in [6.07, 6.45) is 90.4. The highest BCUT2D eigenvalue weighted by molar-refractivity contribution is 5.71. The number of unbranched alkanes of at least 4 members (excludes halogenated alkanes) is 49. The van der Waals surface area contributed by atoms with Gasteiger partial charge in [0.2, 0.25) is 0 Å². The molecular formula is C76H140O6. The van der Waals surface area contributed by atoms with E-state index in [0.29, 0.717) is 19.3 Å². The van der Waals surface area contributed by atoms with Crippen LogP contribution in [-0.2, 0) is 28.6 Å². The lowest BCUT2D eigenvalue weighted by Gasteiger charge is -2.18. The summed E-state index contributed by atoms with van der Waals surface area (Å²) in [5.41, 5.74) is 0. The third kappa shape index (κ3) is 68.2. The monoisotopic (exact) mass is 1150 g/mol. The molecule has 0 bridgehead atoms. The Bertz CT molecular complexity index is 1410. The van der Waals surface area contributed by atoms with E-state index in [4.69, 9.17) is 14.2 Å². The van der Waals surface area contributed by atoms with E-state index in [1.54, 1.807) is 0 Å². The van der Waals surface area contributed by atoms with Gasteiger partial charge in [0, 0.05) is 19.3 Å². The molecule has 0 saturated carbocycles. The molecule has 0 aromatic rings. The highest BCUT2D eigenvalue weighted by Crippen LogP contribution is 2.19. The first-order valence-corrected chi connectivity index (χ1v) is 36.6. The quantitative estimate of drug-likeness (QED) is 0.0261. The summed E-state index contributed by atoms with van der Waals surface area (Å²) in [7, 11) is 0. The Balaban J connectivity index is 4.06. The van der Waals surface area contributed by atoms with Crippen molar-refractivity contribution in [2.75, 3.05) is 13.2 Å². The second-order valence-electron chi connectivity index (χ2n) is 24.8. The molecule has 0 radical (unpaired) electrons. The largest absolute Gasteiger partial charge is 0.462 e. The summed E-state index contributed by atoms with van der Waals surface area (Å²) < 4.78 is 16.9. The van der Waals surface area contributed by atoms with Crippen LogP contribution < -0.4 is 0 Å². The molecule has 0 spiro atoms. The highest BCUT2D eigenvalue weighted by Gasteiger charge is 2.19. The molecule has 480 valence electrons. The summed E-state index contributed by atoms with van der Waals surface area (Å²) in [6.45, 7) is 6.55. The molecule has 6 nitrogen and oxygen atoms in total. The standard InChI is InChI=1S/C76H140O6/c1-4-7-10-13-16-19-22-25-27-29-30-31-32-33-34-35-36-37-38-39-40-41-42-43-44-45-46-47-49-51-54-57-60-63-66-69-75(78)81-72-73(71-80-74(77)68-65-62-59-56-53-50-24-21-18-15-12-9-6-3)82-76(79)70-67-64-61-58-55-52-48-28-26-23-20-17-14-11-8-5-2/h9,12,18,21,28,48,50,53,73H,4-8,10-11,13-17,19-20,22-27,29-47,49,51-52,54-72H2,1-3H3/b12-9-,21-18-,48-28-,53-50-. The topological polar surface area (TPSA) is 78.9 Å². The van der Waals surface area contributed by atoms with Crippen molar-refractivity contribution >= 4 is 17.9 Å². The van der Waals surface area contributed by atoms with Gasteiger partial charge in [0.15, 0.2) is 6.10 Å². The molecule has 0 aromatic heterocycles. The van der Waals surface area contributed by atoms with Crippen LogP contribution in [-0.4, -0.2) is 37.2 Å². The van der Waals surface area contributed by atoms with Crippen molar-refractivity contribution in [2.24, 2.45) is 0 Å². The van der Waals surface area contributed by atoms with Gasteiger partial charge in [-0.25, -0.2) is 0 Å². The molecule has 0 aromatic carbocycles. The zero-order valence-electron chi connectivity index (χ0n) is 55.3. The molecule has 0 heterocycles. The maximum Gasteiger partial charge on any atom is 0.306 e. The Morgan fingerprint density at radius 2 is 0.476 bits per heavy atom. The number of carbonyl (C=O) groups excluding carboxylic acids is 3. The zero-order valence-corrected chi connectivity index (χ0v) is 55.3. The molecule has 1 atom stereocenters. The molecule has 0 amide bonds. The van der Waals surface area contributed by atoms with E-state index in [1.165, 1.54) is 263 Å². The van der Waals surface area contributed by atoms with Crippen LogP contribution in [0.4, 0.5) is 0 Å². The van der Waals surface area contributed by atoms with E-state index >= 15 is 0 Å². The molecule has 0 fully saturated rings. The average Bonchev–Trinajstić information content (AvgIpc) is 3.47. The Kier molecular flexibility index (Phi) is 68.6. The van der Waals surface area contributed by atoms with Gasteiger partial charge in [0.1, 0.15) is 13.2 Å². The zero-order chi connectivity index (χ0) is 59.2. The van der Waals surface area contributed by atoms with Gasteiger partial charge in [-0.05, 0) is 77.0 Å². The molecule has 0 aliphatic carbocycles. The Hall–Kier alpha value is -2.63. The maximum absolute atomic E-state index is 12.9. The lowest BCUT2D eigenvalue weighted by Crippen LogP contribution is -2.30. The van der Waals surface area contributed by atoms with Crippen molar-refractivity contribution in [2.45, 2.75) is 406 Å². The second kappa shape index (κ2) is 70.9. The fraction of sp³-hybridized carbons (Fsp3) is 0.855. The number of ether oxygens (including phenoxy) is 3. The van der Waals surface area contributed by atoms with Crippen molar-refractivity contribution < 1.29 is 28.6 Å². The fourth-order valence-corrected chi connectivity index (χ4v) is 11.1.